The van der Waals surface area contributed by atoms with Crippen LogP contribution in [0.2, 0.25) is 0 Å². The number of nitrogens with zero attached hydrogens (tertiary/aromatic N) is 2. The number of nitrogens with one attached hydrogen (secondary N) is 2. The fourth-order valence-electron chi connectivity index (χ4n) is 2.32. The number of hydrogen-bond acceptors (Lipinski definition) is 4. The highest BCUT2D eigenvalue weighted by molar-refractivity contribution is 5.82. The van der Waals surface area contributed by atoms with E-state index in [-0.39, 0.29) is 11.9 Å². The van der Waals surface area contributed by atoms with E-state index in [1.165, 1.54) is 0 Å². The first kappa shape index (κ1) is 12.0. The van der Waals surface area contributed by atoms with Gasteiger partial charge in [-0.1, -0.05) is 0 Å². The van der Waals surface area contributed by atoms with Crippen molar-refractivity contribution in [1.29, 1.82) is 0 Å². The lowest BCUT2D eigenvalue weighted by Gasteiger charge is -2.26. The summed E-state index contributed by atoms with van der Waals surface area (Å²) in [6.07, 6.45) is 3.91. The molecule has 100 valence electrons. The second-order valence-electron chi connectivity index (χ2n) is 4.74. The predicted octanol–water partition coefficient (Wildman–Crippen LogP) is 0.676. The summed E-state index contributed by atoms with van der Waals surface area (Å²) in [5.41, 5.74) is 2.04. The first-order chi connectivity index (χ1) is 9.24. The quantitative estimate of drug-likeness (QED) is 0.851. The van der Waals surface area contributed by atoms with Gasteiger partial charge in [-0.15, -0.1) is 0 Å². The van der Waals surface area contributed by atoms with Crippen LogP contribution in [-0.2, 0) is 24.3 Å². The number of carbonyl (C=O) groups excluding carboxylic acids is 1. The molecule has 0 saturated carbocycles. The van der Waals surface area contributed by atoms with Gasteiger partial charge in [0.2, 0.25) is 5.91 Å². The minimum absolute atomic E-state index is 0.0602. The second kappa shape index (κ2) is 4.89. The number of amides is 1. The zero-order chi connectivity index (χ0) is 13.2. The third-order valence-corrected chi connectivity index (χ3v) is 3.38. The fraction of sp³-hybridized carbons (Fsp3) is 0.385. The van der Waals surface area contributed by atoms with Crippen LogP contribution < -0.4 is 5.32 Å². The van der Waals surface area contributed by atoms with Crippen molar-refractivity contribution in [2.45, 2.75) is 25.6 Å². The van der Waals surface area contributed by atoms with Gasteiger partial charge in [-0.05, 0) is 12.1 Å². The number of likely N-dealkylation sites (N-methyl/N-ethyl adjacent to an activating group) is 1. The van der Waals surface area contributed by atoms with Crippen molar-refractivity contribution in [3.63, 3.8) is 0 Å². The van der Waals surface area contributed by atoms with Crippen LogP contribution in [0.3, 0.4) is 0 Å². The summed E-state index contributed by atoms with van der Waals surface area (Å²) in [4.78, 5) is 21.3. The molecule has 0 aliphatic carbocycles. The second-order valence-corrected chi connectivity index (χ2v) is 4.74. The zero-order valence-electron chi connectivity index (χ0n) is 10.7. The molecule has 0 saturated heterocycles. The van der Waals surface area contributed by atoms with Crippen LogP contribution in [0.25, 0.3) is 0 Å². The molecule has 2 N–H and O–H groups in total. The standard InChI is InChI=1S/C13H16N4O2/c1-17(7-9-3-2-4-19-9)13(18)11-5-10-12(6-14-11)16-8-15-10/h2-4,8,11,14H,5-7H2,1H3,(H,15,16). The molecule has 1 aliphatic heterocycles. The molecule has 1 amide bonds. The van der Waals surface area contributed by atoms with E-state index < -0.39 is 0 Å². The van der Waals surface area contributed by atoms with Crippen molar-refractivity contribution in [3.05, 3.63) is 41.9 Å². The summed E-state index contributed by atoms with van der Waals surface area (Å²) in [7, 11) is 1.78. The molecule has 0 bridgehead atoms. The Morgan fingerprint density at radius 2 is 2.53 bits per heavy atom. The molecule has 3 rings (SSSR count). The average Bonchev–Trinajstić information content (AvgIpc) is 3.07. The number of aromatic amines is 1. The number of H-pyrrole nitrogens is 1. The maximum Gasteiger partial charge on any atom is 0.240 e. The molecular weight excluding hydrogens is 244 g/mol. The largest absolute Gasteiger partial charge is 0.467 e. The van der Waals surface area contributed by atoms with Gasteiger partial charge >= 0.3 is 0 Å². The van der Waals surface area contributed by atoms with Gasteiger partial charge in [0.25, 0.3) is 0 Å². The number of rotatable bonds is 3. The van der Waals surface area contributed by atoms with E-state index in [1.54, 1.807) is 24.5 Å². The third kappa shape index (κ3) is 2.39. The molecule has 0 spiro atoms. The molecule has 1 unspecified atom stereocenters. The molecule has 6 heteroatoms. The summed E-state index contributed by atoms with van der Waals surface area (Å²) in [5, 5.41) is 3.23. The van der Waals surface area contributed by atoms with E-state index in [2.05, 4.69) is 15.3 Å². The normalized spacial score (nSPS) is 18.1. The van der Waals surface area contributed by atoms with E-state index in [1.807, 2.05) is 12.1 Å². The third-order valence-electron chi connectivity index (χ3n) is 3.38. The van der Waals surface area contributed by atoms with Gasteiger partial charge in [-0.3, -0.25) is 10.1 Å². The zero-order valence-corrected chi connectivity index (χ0v) is 10.7. The van der Waals surface area contributed by atoms with Gasteiger partial charge in [0, 0.05) is 20.0 Å². The molecule has 2 aromatic heterocycles. The van der Waals surface area contributed by atoms with Crippen molar-refractivity contribution in [2.75, 3.05) is 7.05 Å². The topological polar surface area (TPSA) is 74.2 Å². The lowest BCUT2D eigenvalue weighted by molar-refractivity contribution is -0.133. The summed E-state index contributed by atoms with van der Waals surface area (Å²) < 4.78 is 5.25. The molecule has 19 heavy (non-hydrogen) atoms. The Bertz CT molecular complexity index is 561. The first-order valence-electron chi connectivity index (χ1n) is 6.26. The van der Waals surface area contributed by atoms with Crippen LogP contribution in [0.15, 0.2) is 29.1 Å². The molecule has 0 radical (unpaired) electrons. The molecule has 0 aromatic carbocycles. The average molecular weight is 260 g/mol. The van der Waals surface area contributed by atoms with E-state index >= 15 is 0 Å². The number of hydrogen-bond donors (Lipinski definition) is 2. The van der Waals surface area contributed by atoms with Crippen molar-refractivity contribution in [2.24, 2.45) is 0 Å². The highest BCUT2D eigenvalue weighted by atomic mass is 16.3. The first-order valence-corrected chi connectivity index (χ1v) is 6.26. The van der Waals surface area contributed by atoms with Crippen molar-refractivity contribution in [3.8, 4) is 0 Å². The lowest BCUT2D eigenvalue weighted by atomic mass is 10.0. The van der Waals surface area contributed by atoms with Gasteiger partial charge in [-0.25, -0.2) is 4.98 Å². The van der Waals surface area contributed by atoms with Crippen LogP contribution in [-0.4, -0.2) is 33.9 Å². The molecular formula is C13H16N4O2. The minimum atomic E-state index is -0.212. The number of furan rings is 1. The van der Waals surface area contributed by atoms with Crippen molar-refractivity contribution in [1.82, 2.24) is 20.2 Å². The van der Waals surface area contributed by atoms with Gasteiger partial charge in [-0.2, -0.15) is 0 Å². The van der Waals surface area contributed by atoms with Gasteiger partial charge in [0.1, 0.15) is 5.76 Å². The summed E-state index contributed by atoms with van der Waals surface area (Å²) in [5.74, 6) is 0.845. The summed E-state index contributed by atoms with van der Waals surface area (Å²) >= 11 is 0. The van der Waals surface area contributed by atoms with Crippen molar-refractivity contribution >= 4 is 5.91 Å². The monoisotopic (exact) mass is 260 g/mol. The predicted molar refractivity (Wildman–Crippen MR) is 68.1 cm³/mol. The summed E-state index contributed by atoms with van der Waals surface area (Å²) in [6, 6.07) is 3.47. The summed E-state index contributed by atoms with van der Waals surface area (Å²) in [6.45, 7) is 1.14. The molecule has 0 fully saturated rings. The van der Waals surface area contributed by atoms with Crippen LogP contribution in [0.4, 0.5) is 0 Å². The Balaban J connectivity index is 1.65. The molecule has 3 heterocycles. The molecule has 1 aliphatic rings. The van der Waals surface area contributed by atoms with Crippen LogP contribution in [0.1, 0.15) is 17.1 Å². The molecule has 2 aromatic rings. The lowest BCUT2D eigenvalue weighted by Crippen LogP contribution is -2.48. The Hall–Kier alpha value is -2.08. The van der Waals surface area contributed by atoms with Gasteiger partial charge < -0.3 is 14.3 Å². The smallest absolute Gasteiger partial charge is 0.240 e. The maximum absolute atomic E-state index is 12.3. The van der Waals surface area contributed by atoms with Crippen LogP contribution in [0.5, 0.6) is 0 Å². The molecule has 1 atom stereocenters. The van der Waals surface area contributed by atoms with Crippen LogP contribution in [0, 0.1) is 0 Å². The Kier molecular flexibility index (Phi) is 3.08. The maximum atomic E-state index is 12.3. The minimum Gasteiger partial charge on any atom is -0.467 e. The van der Waals surface area contributed by atoms with Crippen molar-refractivity contribution < 1.29 is 9.21 Å². The highest BCUT2D eigenvalue weighted by Gasteiger charge is 2.28. The van der Waals surface area contributed by atoms with Gasteiger partial charge in [0.05, 0.1) is 36.6 Å². The fourth-order valence-corrected chi connectivity index (χ4v) is 2.32. The van der Waals surface area contributed by atoms with E-state index in [9.17, 15) is 4.79 Å². The number of carbonyl (C=O) groups is 1. The number of fused-ring (bicyclic) bond motifs is 1. The highest BCUT2D eigenvalue weighted by Crippen LogP contribution is 2.14. The Morgan fingerprint density at radius 1 is 1.63 bits per heavy atom. The van der Waals surface area contributed by atoms with Crippen LogP contribution >= 0.6 is 0 Å². The van der Waals surface area contributed by atoms with E-state index in [0.29, 0.717) is 19.5 Å². The Labute approximate surface area is 110 Å². The number of imidazole rings is 1. The molecule has 6 nitrogen and oxygen atoms in total. The Morgan fingerprint density at radius 3 is 3.32 bits per heavy atom. The van der Waals surface area contributed by atoms with E-state index in [4.69, 9.17) is 4.42 Å². The number of aromatic nitrogens is 2. The van der Waals surface area contributed by atoms with Gasteiger partial charge in [0.15, 0.2) is 0 Å². The SMILES string of the molecule is CN(Cc1ccco1)C(=O)C1Cc2nc[nH]c2CN1. The van der Waals surface area contributed by atoms with E-state index in [0.717, 1.165) is 17.1 Å².